The Hall–Kier alpha value is -1.28. The molecule has 0 atom stereocenters. The van der Waals surface area contributed by atoms with Gasteiger partial charge in [-0.25, -0.2) is 0 Å². The van der Waals surface area contributed by atoms with Crippen molar-refractivity contribution in [3.63, 3.8) is 0 Å². The van der Waals surface area contributed by atoms with Gasteiger partial charge in [0, 0.05) is 25.3 Å². The number of nitrogens with one attached hydrogen (secondary N) is 1. The van der Waals surface area contributed by atoms with Gasteiger partial charge < -0.3 is 9.88 Å². The molecule has 1 heterocycles. The number of rotatable bonds is 5. The van der Waals surface area contributed by atoms with Crippen molar-refractivity contribution in [3.8, 4) is 0 Å². The van der Waals surface area contributed by atoms with Gasteiger partial charge in [-0.1, -0.05) is 39.0 Å². The summed E-state index contributed by atoms with van der Waals surface area (Å²) in [6.45, 7) is 8.66. The molecule has 0 aliphatic heterocycles. The minimum absolute atomic E-state index is 0.558. The molecule has 17 heavy (non-hydrogen) atoms. The third-order valence-corrected chi connectivity index (χ3v) is 3.16. The minimum Gasteiger partial charge on any atom is -0.346 e. The number of nitrogens with zero attached hydrogens (tertiary/aromatic N) is 1. The summed E-state index contributed by atoms with van der Waals surface area (Å²) >= 11 is 0. The molecule has 0 fully saturated rings. The zero-order valence-corrected chi connectivity index (χ0v) is 11.0. The van der Waals surface area contributed by atoms with Crippen molar-refractivity contribution < 1.29 is 0 Å². The predicted octanol–water partition coefficient (Wildman–Crippen LogP) is 3.20. The summed E-state index contributed by atoms with van der Waals surface area (Å²) in [7, 11) is 0. The van der Waals surface area contributed by atoms with Crippen molar-refractivity contribution in [3.05, 3.63) is 36.0 Å². The van der Waals surface area contributed by atoms with Crippen LogP contribution in [0.2, 0.25) is 0 Å². The molecule has 0 saturated carbocycles. The van der Waals surface area contributed by atoms with E-state index in [0.29, 0.717) is 6.04 Å². The Kier molecular flexibility index (Phi) is 3.85. The Bertz CT molecular complexity index is 483. The Morgan fingerprint density at radius 2 is 2.06 bits per heavy atom. The molecule has 0 aliphatic carbocycles. The van der Waals surface area contributed by atoms with Crippen molar-refractivity contribution in [2.75, 3.05) is 6.54 Å². The lowest BCUT2D eigenvalue weighted by atomic mass is 10.1. The molecular weight excluding hydrogens is 208 g/mol. The fourth-order valence-corrected chi connectivity index (χ4v) is 2.29. The van der Waals surface area contributed by atoms with Crippen LogP contribution < -0.4 is 5.32 Å². The lowest BCUT2D eigenvalue weighted by Gasteiger charge is -2.11. The lowest BCUT2D eigenvalue weighted by molar-refractivity contribution is 0.547. The van der Waals surface area contributed by atoms with E-state index in [1.807, 2.05) is 0 Å². The van der Waals surface area contributed by atoms with Crippen molar-refractivity contribution >= 4 is 10.9 Å². The Morgan fingerprint density at radius 1 is 1.24 bits per heavy atom. The molecule has 2 heteroatoms. The number of aryl methyl sites for hydroxylation is 1. The average molecular weight is 230 g/mol. The maximum absolute atomic E-state index is 3.47. The first-order valence-corrected chi connectivity index (χ1v) is 6.52. The Labute approximate surface area is 104 Å². The van der Waals surface area contributed by atoms with Crippen LogP contribution in [0.4, 0.5) is 0 Å². The van der Waals surface area contributed by atoms with Gasteiger partial charge >= 0.3 is 0 Å². The van der Waals surface area contributed by atoms with Gasteiger partial charge in [-0.3, -0.25) is 0 Å². The van der Waals surface area contributed by atoms with Crippen molar-refractivity contribution in [1.29, 1.82) is 0 Å². The minimum atomic E-state index is 0.558. The summed E-state index contributed by atoms with van der Waals surface area (Å²) in [5.74, 6) is 0. The number of fused-ring (bicyclic) bond motifs is 1. The molecule has 0 amide bonds. The molecule has 2 aromatic rings. The highest BCUT2D eigenvalue weighted by atomic mass is 15.0. The van der Waals surface area contributed by atoms with Crippen LogP contribution in [0.3, 0.4) is 0 Å². The highest BCUT2D eigenvalue weighted by molar-refractivity contribution is 5.83. The molecule has 0 saturated heterocycles. The van der Waals surface area contributed by atoms with Gasteiger partial charge in [0.05, 0.1) is 5.52 Å². The van der Waals surface area contributed by atoms with Crippen molar-refractivity contribution in [1.82, 2.24) is 9.88 Å². The molecular formula is C15H22N2. The van der Waals surface area contributed by atoms with Gasteiger partial charge in [0.1, 0.15) is 0 Å². The molecule has 0 bridgehead atoms. The van der Waals surface area contributed by atoms with Crippen molar-refractivity contribution in [2.45, 2.75) is 39.8 Å². The molecule has 0 radical (unpaired) electrons. The summed E-state index contributed by atoms with van der Waals surface area (Å²) < 4.78 is 2.36. The maximum Gasteiger partial charge on any atom is 0.0513 e. The van der Waals surface area contributed by atoms with E-state index in [2.05, 4.69) is 61.1 Å². The smallest absolute Gasteiger partial charge is 0.0513 e. The van der Waals surface area contributed by atoms with E-state index in [4.69, 9.17) is 0 Å². The monoisotopic (exact) mass is 230 g/mol. The Balaban J connectivity index is 2.22. The topological polar surface area (TPSA) is 17.0 Å². The van der Waals surface area contributed by atoms with Crippen LogP contribution in [0.1, 0.15) is 26.3 Å². The van der Waals surface area contributed by atoms with Gasteiger partial charge in [0.25, 0.3) is 0 Å². The zero-order chi connectivity index (χ0) is 12.3. The largest absolute Gasteiger partial charge is 0.346 e. The van der Waals surface area contributed by atoms with E-state index in [0.717, 1.165) is 19.5 Å². The molecule has 1 N–H and O–H groups in total. The van der Waals surface area contributed by atoms with E-state index in [-0.39, 0.29) is 0 Å². The third kappa shape index (κ3) is 2.70. The SMILES string of the molecule is CCc1cccc2ccn(CCNC(C)C)c12. The van der Waals surface area contributed by atoms with Crippen LogP contribution in [0, 0.1) is 0 Å². The normalized spacial score (nSPS) is 11.5. The summed E-state index contributed by atoms with van der Waals surface area (Å²) in [6, 6.07) is 9.35. The van der Waals surface area contributed by atoms with Crippen LogP contribution in [0.15, 0.2) is 30.5 Å². The van der Waals surface area contributed by atoms with Gasteiger partial charge in [-0.15, -0.1) is 0 Å². The zero-order valence-electron chi connectivity index (χ0n) is 11.0. The quantitative estimate of drug-likeness (QED) is 0.834. The molecule has 0 unspecified atom stereocenters. The highest BCUT2D eigenvalue weighted by Gasteiger charge is 2.04. The van der Waals surface area contributed by atoms with Gasteiger partial charge in [0.15, 0.2) is 0 Å². The summed E-state index contributed by atoms with van der Waals surface area (Å²) in [6.07, 6.45) is 3.30. The highest BCUT2D eigenvalue weighted by Crippen LogP contribution is 2.20. The second-order valence-corrected chi connectivity index (χ2v) is 4.83. The van der Waals surface area contributed by atoms with E-state index >= 15 is 0 Å². The van der Waals surface area contributed by atoms with Crippen LogP contribution in [0.25, 0.3) is 10.9 Å². The van der Waals surface area contributed by atoms with E-state index < -0.39 is 0 Å². The van der Waals surface area contributed by atoms with E-state index in [1.165, 1.54) is 16.5 Å². The number of aromatic nitrogens is 1. The van der Waals surface area contributed by atoms with E-state index in [9.17, 15) is 0 Å². The molecule has 2 nitrogen and oxygen atoms in total. The fraction of sp³-hybridized carbons (Fsp3) is 0.467. The van der Waals surface area contributed by atoms with Crippen LogP contribution >= 0.6 is 0 Å². The summed E-state index contributed by atoms with van der Waals surface area (Å²) in [5, 5.41) is 4.82. The van der Waals surface area contributed by atoms with Gasteiger partial charge in [0.2, 0.25) is 0 Å². The summed E-state index contributed by atoms with van der Waals surface area (Å²) in [5.41, 5.74) is 2.85. The number of hydrogen-bond acceptors (Lipinski definition) is 1. The number of benzene rings is 1. The molecule has 0 spiro atoms. The molecule has 92 valence electrons. The van der Waals surface area contributed by atoms with Crippen LogP contribution in [0.5, 0.6) is 0 Å². The van der Waals surface area contributed by atoms with E-state index in [1.54, 1.807) is 0 Å². The van der Waals surface area contributed by atoms with Gasteiger partial charge in [-0.05, 0) is 23.4 Å². The third-order valence-electron chi connectivity index (χ3n) is 3.16. The number of hydrogen-bond donors (Lipinski definition) is 1. The fourth-order valence-electron chi connectivity index (χ4n) is 2.29. The average Bonchev–Trinajstić information content (AvgIpc) is 2.72. The Morgan fingerprint density at radius 3 is 2.76 bits per heavy atom. The molecule has 1 aromatic heterocycles. The second kappa shape index (κ2) is 5.37. The first-order chi connectivity index (χ1) is 8.22. The van der Waals surface area contributed by atoms with Crippen molar-refractivity contribution in [2.24, 2.45) is 0 Å². The number of para-hydroxylation sites is 1. The molecule has 2 rings (SSSR count). The summed E-state index contributed by atoms with van der Waals surface area (Å²) in [4.78, 5) is 0. The van der Waals surface area contributed by atoms with Gasteiger partial charge in [-0.2, -0.15) is 0 Å². The lowest BCUT2D eigenvalue weighted by Crippen LogP contribution is -2.26. The standard InChI is InChI=1S/C15H22N2/c1-4-13-6-5-7-14-8-10-17(15(13)14)11-9-16-12(2)3/h5-8,10,12,16H,4,9,11H2,1-3H3. The van der Waals surface area contributed by atoms with Crippen LogP contribution in [-0.4, -0.2) is 17.2 Å². The maximum atomic E-state index is 3.47. The van der Waals surface area contributed by atoms with Crippen LogP contribution in [-0.2, 0) is 13.0 Å². The first-order valence-electron chi connectivity index (χ1n) is 6.52. The second-order valence-electron chi connectivity index (χ2n) is 4.83. The predicted molar refractivity (Wildman–Crippen MR) is 74.5 cm³/mol. The molecule has 0 aliphatic rings. The first kappa shape index (κ1) is 12.2. The molecule has 1 aromatic carbocycles.